The second-order valence-corrected chi connectivity index (χ2v) is 4.96. The third kappa shape index (κ3) is 3.67. The average Bonchev–Trinajstić information content (AvgIpc) is 2.42. The van der Waals surface area contributed by atoms with Crippen LogP contribution in [0.25, 0.3) is 0 Å². The van der Waals surface area contributed by atoms with E-state index in [1.807, 2.05) is 7.05 Å². The number of nitrogens with one attached hydrogen (secondary N) is 1. The van der Waals surface area contributed by atoms with Crippen LogP contribution >= 0.6 is 0 Å². The van der Waals surface area contributed by atoms with Crippen LogP contribution in [0, 0.1) is 10.1 Å². The summed E-state index contributed by atoms with van der Waals surface area (Å²) in [7, 11) is 1.82. The number of hydrogen-bond acceptors (Lipinski definition) is 4. The van der Waals surface area contributed by atoms with E-state index >= 15 is 0 Å². The van der Waals surface area contributed by atoms with E-state index in [1.165, 1.54) is 25.3 Å². The Morgan fingerprint density at radius 2 is 2.11 bits per heavy atom. The van der Waals surface area contributed by atoms with Gasteiger partial charge in [0.25, 0.3) is 5.69 Å². The van der Waals surface area contributed by atoms with Gasteiger partial charge in [-0.05, 0) is 38.8 Å². The molecule has 0 radical (unpaired) electrons. The van der Waals surface area contributed by atoms with Crippen molar-refractivity contribution >= 4 is 5.69 Å². The Kier molecular flexibility index (Phi) is 4.74. The maximum absolute atomic E-state index is 10.8. The second-order valence-electron chi connectivity index (χ2n) is 4.96. The number of nitro benzene ring substituents is 1. The monoisotopic (exact) mass is 264 g/mol. The Balaban J connectivity index is 2.15. The van der Waals surface area contributed by atoms with Crippen LogP contribution in [0.4, 0.5) is 5.69 Å². The summed E-state index contributed by atoms with van der Waals surface area (Å²) < 4.78 is 6.01. The van der Waals surface area contributed by atoms with Gasteiger partial charge in [-0.2, -0.15) is 0 Å². The fourth-order valence-electron chi connectivity index (χ4n) is 2.49. The molecule has 0 saturated heterocycles. The van der Waals surface area contributed by atoms with Gasteiger partial charge in [0.2, 0.25) is 0 Å². The van der Waals surface area contributed by atoms with Crippen molar-refractivity contribution in [3.63, 3.8) is 0 Å². The lowest BCUT2D eigenvalue weighted by atomic mass is 9.97. The molecule has 0 amide bonds. The highest BCUT2D eigenvalue weighted by atomic mass is 16.6. The van der Waals surface area contributed by atoms with Crippen LogP contribution in [0.5, 0.6) is 5.75 Å². The van der Waals surface area contributed by atoms with Crippen molar-refractivity contribution in [2.24, 2.45) is 0 Å². The number of non-ortho nitro benzene ring substituents is 1. The number of nitro groups is 1. The summed E-state index contributed by atoms with van der Waals surface area (Å²) in [6, 6.07) is 4.82. The zero-order valence-electron chi connectivity index (χ0n) is 11.2. The lowest BCUT2D eigenvalue weighted by Crippen LogP contribution is -2.21. The number of hydrogen-bond donors (Lipinski definition) is 1. The van der Waals surface area contributed by atoms with Crippen LogP contribution in [0.15, 0.2) is 18.2 Å². The summed E-state index contributed by atoms with van der Waals surface area (Å²) in [6.07, 6.45) is 6.11. The average molecular weight is 264 g/mol. The molecule has 0 aromatic heterocycles. The molecule has 104 valence electrons. The molecular formula is C14H20N2O3. The minimum atomic E-state index is -0.371. The van der Waals surface area contributed by atoms with Crippen LogP contribution in [0.3, 0.4) is 0 Å². The molecule has 1 fully saturated rings. The smallest absolute Gasteiger partial charge is 0.270 e. The third-order valence-electron chi connectivity index (χ3n) is 3.47. The Bertz CT molecular complexity index is 442. The third-order valence-corrected chi connectivity index (χ3v) is 3.47. The summed E-state index contributed by atoms with van der Waals surface area (Å²) in [5.41, 5.74) is 0.962. The summed E-state index contributed by atoms with van der Waals surface area (Å²) in [4.78, 5) is 10.4. The second kappa shape index (κ2) is 6.52. The number of rotatable bonds is 5. The molecule has 5 heteroatoms. The van der Waals surface area contributed by atoms with Gasteiger partial charge < -0.3 is 10.1 Å². The van der Waals surface area contributed by atoms with Crippen LogP contribution < -0.4 is 10.1 Å². The maximum atomic E-state index is 10.8. The number of benzene rings is 1. The highest BCUT2D eigenvalue weighted by molar-refractivity contribution is 5.43. The minimum absolute atomic E-state index is 0.112. The first-order valence-electron chi connectivity index (χ1n) is 6.79. The first kappa shape index (κ1) is 13.8. The van der Waals surface area contributed by atoms with Gasteiger partial charge >= 0.3 is 0 Å². The SMILES string of the molecule is CNCc1cc([N+](=O)[O-])ccc1OC1CCCCC1. The van der Waals surface area contributed by atoms with E-state index in [9.17, 15) is 10.1 Å². The van der Waals surface area contributed by atoms with Crippen LogP contribution in [-0.4, -0.2) is 18.1 Å². The summed E-state index contributed by atoms with van der Waals surface area (Å²) in [6.45, 7) is 0.573. The Hall–Kier alpha value is -1.62. The van der Waals surface area contributed by atoms with Gasteiger partial charge in [-0.15, -0.1) is 0 Å². The molecule has 1 aromatic carbocycles. The Morgan fingerprint density at radius 3 is 2.74 bits per heavy atom. The van der Waals surface area contributed by atoms with Crippen molar-refractivity contribution in [3.05, 3.63) is 33.9 Å². The molecule has 0 heterocycles. The minimum Gasteiger partial charge on any atom is -0.490 e. The zero-order valence-corrected chi connectivity index (χ0v) is 11.2. The molecule has 5 nitrogen and oxygen atoms in total. The summed E-state index contributed by atoms with van der Waals surface area (Å²) in [5, 5.41) is 13.8. The lowest BCUT2D eigenvalue weighted by molar-refractivity contribution is -0.384. The molecule has 19 heavy (non-hydrogen) atoms. The first-order valence-corrected chi connectivity index (χ1v) is 6.79. The molecule has 1 aliphatic carbocycles. The largest absolute Gasteiger partial charge is 0.490 e. The molecular weight excluding hydrogens is 244 g/mol. The predicted octanol–water partition coefficient (Wildman–Crippen LogP) is 3.03. The van der Waals surface area contributed by atoms with Gasteiger partial charge in [-0.25, -0.2) is 0 Å². The molecule has 0 aliphatic heterocycles. The van der Waals surface area contributed by atoms with E-state index in [0.29, 0.717) is 6.54 Å². The van der Waals surface area contributed by atoms with Crippen LogP contribution in [0.2, 0.25) is 0 Å². The number of ether oxygens (including phenoxy) is 1. The van der Waals surface area contributed by atoms with Crippen LogP contribution in [0.1, 0.15) is 37.7 Å². The Labute approximate surface area is 113 Å². The molecule has 1 aliphatic rings. The normalized spacial score (nSPS) is 16.3. The van der Waals surface area contributed by atoms with E-state index in [0.717, 1.165) is 24.2 Å². The van der Waals surface area contributed by atoms with Gasteiger partial charge in [0.05, 0.1) is 11.0 Å². The molecule has 0 spiro atoms. The molecule has 2 rings (SSSR count). The molecule has 0 atom stereocenters. The van der Waals surface area contributed by atoms with Gasteiger partial charge in [0.15, 0.2) is 0 Å². The van der Waals surface area contributed by atoms with Crippen LogP contribution in [-0.2, 0) is 6.54 Å². The molecule has 1 saturated carbocycles. The highest BCUT2D eigenvalue weighted by Crippen LogP contribution is 2.28. The standard InChI is InChI=1S/C14H20N2O3/c1-15-10-11-9-12(16(17)18)7-8-14(11)19-13-5-3-2-4-6-13/h7-9,13,15H,2-6,10H2,1H3. The first-order chi connectivity index (χ1) is 9.20. The summed E-state index contributed by atoms with van der Waals surface area (Å²) in [5.74, 6) is 0.770. The molecule has 0 unspecified atom stereocenters. The number of nitrogens with zero attached hydrogens (tertiary/aromatic N) is 1. The highest BCUT2D eigenvalue weighted by Gasteiger charge is 2.18. The molecule has 0 bridgehead atoms. The van der Waals surface area contributed by atoms with Gasteiger partial charge in [-0.3, -0.25) is 10.1 Å². The van der Waals surface area contributed by atoms with Crippen molar-refractivity contribution in [3.8, 4) is 5.75 Å². The predicted molar refractivity (Wildman–Crippen MR) is 73.4 cm³/mol. The quantitative estimate of drug-likeness (QED) is 0.656. The van der Waals surface area contributed by atoms with Crippen molar-refractivity contribution in [1.82, 2.24) is 5.32 Å². The molecule has 1 N–H and O–H groups in total. The van der Waals surface area contributed by atoms with Crippen molar-refractivity contribution in [2.45, 2.75) is 44.8 Å². The van der Waals surface area contributed by atoms with Gasteiger partial charge in [0.1, 0.15) is 5.75 Å². The van der Waals surface area contributed by atoms with Gasteiger partial charge in [0, 0.05) is 24.2 Å². The van der Waals surface area contributed by atoms with Crippen molar-refractivity contribution in [2.75, 3.05) is 7.05 Å². The van der Waals surface area contributed by atoms with E-state index in [1.54, 1.807) is 12.1 Å². The Morgan fingerprint density at radius 1 is 1.37 bits per heavy atom. The zero-order chi connectivity index (χ0) is 13.7. The maximum Gasteiger partial charge on any atom is 0.270 e. The van der Waals surface area contributed by atoms with Crippen molar-refractivity contribution < 1.29 is 9.66 Å². The fraction of sp³-hybridized carbons (Fsp3) is 0.571. The van der Waals surface area contributed by atoms with E-state index < -0.39 is 0 Å². The van der Waals surface area contributed by atoms with E-state index in [2.05, 4.69) is 5.32 Å². The topological polar surface area (TPSA) is 64.4 Å². The lowest BCUT2D eigenvalue weighted by Gasteiger charge is -2.24. The van der Waals surface area contributed by atoms with E-state index in [4.69, 9.17) is 4.74 Å². The van der Waals surface area contributed by atoms with Gasteiger partial charge in [-0.1, -0.05) is 6.42 Å². The fourth-order valence-corrected chi connectivity index (χ4v) is 2.49. The van der Waals surface area contributed by atoms with E-state index in [-0.39, 0.29) is 16.7 Å². The molecule has 1 aromatic rings. The summed E-state index contributed by atoms with van der Waals surface area (Å²) >= 11 is 0. The van der Waals surface area contributed by atoms with Crippen molar-refractivity contribution in [1.29, 1.82) is 0 Å².